The van der Waals surface area contributed by atoms with Gasteiger partial charge in [-0.15, -0.1) is 21.5 Å². The zero-order valence-corrected chi connectivity index (χ0v) is 14.7. The van der Waals surface area contributed by atoms with Gasteiger partial charge in [0.15, 0.2) is 11.5 Å². The molecule has 0 bridgehead atoms. The summed E-state index contributed by atoms with van der Waals surface area (Å²) in [5.74, 6) is 2.00. The number of nitrogens with zero attached hydrogens (tertiary/aromatic N) is 2. The zero-order valence-electron chi connectivity index (χ0n) is 13.1. The minimum atomic E-state index is -3.65. The Hall–Kier alpha value is -2.43. The first kappa shape index (κ1) is 16.1. The molecule has 130 valence electrons. The van der Waals surface area contributed by atoms with Crippen LogP contribution in [0.3, 0.4) is 0 Å². The number of ether oxygens (including phenoxy) is 2. The van der Waals surface area contributed by atoms with Crippen molar-refractivity contribution in [3.05, 3.63) is 41.8 Å². The summed E-state index contributed by atoms with van der Waals surface area (Å²) in [5, 5.41) is 7.63. The Balaban J connectivity index is 1.49. The van der Waals surface area contributed by atoms with E-state index in [9.17, 15) is 8.42 Å². The molecule has 1 aliphatic heterocycles. The molecule has 3 heterocycles. The molecule has 1 aromatic carbocycles. The Labute approximate surface area is 147 Å². The minimum absolute atomic E-state index is 0.145. The molecule has 8 nitrogen and oxygen atoms in total. The first-order valence-corrected chi connectivity index (χ1v) is 9.60. The second-order valence-electron chi connectivity index (χ2n) is 5.26. The lowest BCUT2D eigenvalue weighted by molar-refractivity contribution is 0.174. The lowest BCUT2D eigenvalue weighted by Gasteiger charge is -2.05. The van der Waals surface area contributed by atoms with Crippen LogP contribution in [0, 0.1) is 6.92 Å². The number of nitrogens with one attached hydrogen (secondary N) is 1. The summed E-state index contributed by atoms with van der Waals surface area (Å²) < 4.78 is 43.5. The van der Waals surface area contributed by atoms with E-state index in [1.54, 1.807) is 31.2 Å². The van der Waals surface area contributed by atoms with Gasteiger partial charge in [0.25, 0.3) is 5.89 Å². The highest BCUT2D eigenvalue weighted by molar-refractivity contribution is 7.91. The molecule has 1 N–H and O–H groups in total. The lowest BCUT2D eigenvalue weighted by atomic mass is 10.2. The van der Waals surface area contributed by atoms with Crippen LogP contribution in [0.4, 0.5) is 0 Å². The van der Waals surface area contributed by atoms with Gasteiger partial charge in [0, 0.05) is 13.5 Å². The standard InChI is InChI=1S/C15H13N3O5S2/c1-9-17-18-15(23-9)13-4-5-14(24-13)25(19,20)16-7-10-2-3-11-12(6-10)22-8-21-11/h2-6,16H,7-8H2,1H3. The van der Waals surface area contributed by atoms with Gasteiger partial charge >= 0.3 is 0 Å². The average molecular weight is 379 g/mol. The van der Waals surface area contributed by atoms with Crippen molar-refractivity contribution < 1.29 is 22.3 Å². The Bertz CT molecular complexity index is 1030. The molecule has 0 unspecified atom stereocenters. The largest absolute Gasteiger partial charge is 0.454 e. The van der Waals surface area contributed by atoms with E-state index in [0.29, 0.717) is 28.2 Å². The number of hydrogen-bond donors (Lipinski definition) is 1. The van der Waals surface area contributed by atoms with Crippen molar-refractivity contribution in [2.24, 2.45) is 0 Å². The Morgan fingerprint density at radius 1 is 1.16 bits per heavy atom. The van der Waals surface area contributed by atoms with Gasteiger partial charge in [-0.05, 0) is 29.8 Å². The van der Waals surface area contributed by atoms with Crippen LogP contribution >= 0.6 is 11.3 Å². The number of thiophene rings is 1. The van der Waals surface area contributed by atoms with Crippen LogP contribution in [0.5, 0.6) is 11.5 Å². The molecule has 0 aliphatic carbocycles. The molecule has 0 fully saturated rings. The maximum Gasteiger partial charge on any atom is 0.257 e. The number of aryl methyl sites for hydroxylation is 1. The maximum absolute atomic E-state index is 12.5. The maximum atomic E-state index is 12.5. The van der Waals surface area contributed by atoms with Crippen molar-refractivity contribution in [1.29, 1.82) is 0 Å². The Morgan fingerprint density at radius 3 is 2.80 bits per heavy atom. The summed E-state index contributed by atoms with van der Waals surface area (Å²) in [4.78, 5) is 0.601. The van der Waals surface area contributed by atoms with Crippen LogP contribution in [0.1, 0.15) is 11.5 Å². The second-order valence-corrected chi connectivity index (χ2v) is 8.33. The fourth-order valence-electron chi connectivity index (χ4n) is 2.28. The van der Waals surface area contributed by atoms with E-state index in [2.05, 4.69) is 14.9 Å². The molecule has 25 heavy (non-hydrogen) atoms. The third kappa shape index (κ3) is 3.23. The third-order valence-electron chi connectivity index (χ3n) is 3.49. The van der Waals surface area contributed by atoms with Gasteiger partial charge in [-0.1, -0.05) is 6.07 Å². The topological polar surface area (TPSA) is 104 Å². The molecule has 2 aromatic heterocycles. The highest BCUT2D eigenvalue weighted by Crippen LogP contribution is 2.33. The molecule has 0 saturated heterocycles. The predicted molar refractivity (Wildman–Crippen MR) is 88.9 cm³/mol. The fourth-order valence-corrected chi connectivity index (χ4v) is 4.57. The van der Waals surface area contributed by atoms with Crippen molar-refractivity contribution >= 4 is 21.4 Å². The average Bonchev–Trinajstić information content (AvgIpc) is 3.32. The van der Waals surface area contributed by atoms with Gasteiger partial charge < -0.3 is 13.9 Å². The van der Waals surface area contributed by atoms with E-state index in [1.165, 1.54) is 6.07 Å². The van der Waals surface area contributed by atoms with Crippen LogP contribution in [0.15, 0.2) is 39.0 Å². The summed E-state index contributed by atoms with van der Waals surface area (Å²) in [7, 11) is -3.65. The first-order valence-electron chi connectivity index (χ1n) is 7.30. The summed E-state index contributed by atoms with van der Waals surface area (Å²) in [5.41, 5.74) is 0.775. The van der Waals surface area contributed by atoms with Crippen LogP contribution < -0.4 is 14.2 Å². The van der Waals surface area contributed by atoms with Crippen molar-refractivity contribution in [2.75, 3.05) is 6.79 Å². The van der Waals surface area contributed by atoms with Gasteiger partial charge in [-0.2, -0.15) is 0 Å². The van der Waals surface area contributed by atoms with Crippen LogP contribution in [-0.2, 0) is 16.6 Å². The Kier molecular flexibility index (Phi) is 3.94. The van der Waals surface area contributed by atoms with Crippen molar-refractivity contribution in [2.45, 2.75) is 17.7 Å². The number of fused-ring (bicyclic) bond motifs is 1. The van der Waals surface area contributed by atoms with Crippen LogP contribution in [-0.4, -0.2) is 25.4 Å². The highest BCUT2D eigenvalue weighted by Gasteiger charge is 2.20. The predicted octanol–water partition coefficient (Wildman–Crippen LogP) is 2.31. The van der Waals surface area contributed by atoms with E-state index in [1.807, 2.05) is 0 Å². The summed E-state index contributed by atoms with van der Waals surface area (Å²) in [6, 6.07) is 8.46. The van der Waals surface area contributed by atoms with E-state index < -0.39 is 10.0 Å². The Morgan fingerprint density at radius 2 is 2.00 bits per heavy atom. The fraction of sp³-hybridized carbons (Fsp3) is 0.200. The quantitative estimate of drug-likeness (QED) is 0.725. The molecule has 0 amide bonds. The molecule has 0 spiro atoms. The molecule has 0 radical (unpaired) electrons. The summed E-state index contributed by atoms with van der Waals surface area (Å²) in [6.45, 7) is 2.00. The molecule has 4 rings (SSSR count). The molecular formula is C15H13N3O5S2. The highest BCUT2D eigenvalue weighted by atomic mass is 32.2. The molecular weight excluding hydrogens is 366 g/mol. The van der Waals surface area contributed by atoms with Crippen LogP contribution in [0.25, 0.3) is 10.8 Å². The number of rotatable bonds is 5. The third-order valence-corrected chi connectivity index (χ3v) is 6.45. The van der Waals surface area contributed by atoms with Gasteiger partial charge in [0.1, 0.15) is 4.21 Å². The minimum Gasteiger partial charge on any atom is -0.454 e. The molecule has 0 atom stereocenters. The number of benzene rings is 1. The van der Waals surface area contributed by atoms with Crippen molar-refractivity contribution in [1.82, 2.24) is 14.9 Å². The smallest absolute Gasteiger partial charge is 0.257 e. The molecule has 3 aromatic rings. The van der Waals surface area contributed by atoms with Crippen LogP contribution in [0.2, 0.25) is 0 Å². The normalized spacial score (nSPS) is 13.3. The first-order chi connectivity index (χ1) is 12.0. The second kappa shape index (κ2) is 6.14. The van der Waals surface area contributed by atoms with E-state index in [4.69, 9.17) is 13.9 Å². The SMILES string of the molecule is Cc1nnc(-c2ccc(S(=O)(=O)NCc3ccc4c(c3)OCO4)s2)o1. The van der Waals surface area contributed by atoms with Gasteiger partial charge in [0.05, 0.1) is 4.88 Å². The number of hydrogen-bond acceptors (Lipinski definition) is 8. The van der Waals surface area contributed by atoms with Gasteiger partial charge in [0.2, 0.25) is 22.7 Å². The monoisotopic (exact) mass is 379 g/mol. The molecule has 1 aliphatic rings. The van der Waals surface area contributed by atoms with Gasteiger partial charge in [-0.25, -0.2) is 13.1 Å². The number of sulfonamides is 1. The number of aromatic nitrogens is 2. The van der Waals surface area contributed by atoms with Crippen molar-refractivity contribution in [3.63, 3.8) is 0 Å². The molecule has 0 saturated carbocycles. The van der Waals surface area contributed by atoms with E-state index >= 15 is 0 Å². The van der Waals surface area contributed by atoms with Crippen molar-refractivity contribution in [3.8, 4) is 22.3 Å². The van der Waals surface area contributed by atoms with E-state index in [0.717, 1.165) is 16.9 Å². The summed E-state index contributed by atoms with van der Waals surface area (Å²) >= 11 is 1.07. The van der Waals surface area contributed by atoms with Gasteiger partial charge in [-0.3, -0.25) is 0 Å². The zero-order chi connectivity index (χ0) is 17.4. The summed E-state index contributed by atoms with van der Waals surface area (Å²) in [6.07, 6.45) is 0. The lowest BCUT2D eigenvalue weighted by Crippen LogP contribution is -2.22. The molecule has 10 heteroatoms. The van der Waals surface area contributed by atoms with E-state index in [-0.39, 0.29) is 17.5 Å².